The van der Waals surface area contributed by atoms with Gasteiger partial charge in [-0.3, -0.25) is 0 Å². The Hall–Kier alpha value is -1.01. The lowest BCUT2D eigenvalue weighted by Gasteiger charge is -2.21. The van der Waals surface area contributed by atoms with Gasteiger partial charge >= 0.3 is 0 Å². The minimum absolute atomic E-state index is 0.886. The predicted molar refractivity (Wildman–Crippen MR) is 93.0 cm³/mol. The summed E-state index contributed by atoms with van der Waals surface area (Å²) >= 11 is 6.16. The first-order valence-electron chi connectivity index (χ1n) is 7.64. The van der Waals surface area contributed by atoms with E-state index in [-0.39, 0.29) is 0 Å². The van der Waals surface area contributed by atoms with Gasteiger partial charge in [-0.2, -0.15) is 0 Å². The molecule has 21 heavy (non-hydrogen) atoms. The van der Waals surface area contributed by atoms with E-state index in [1.807, 2.05) is 6.92 Å². The van der Waals surface area contributed by atoms with Gasteiger partial charge in [0.05, 0.1) is 0 Å². The molecule has 0 atom stereocenters. The first-order chi connectivity index (χ1) is 10.1. The van der Waals surface area contributed by atoms with Crippen LogP contribution in [0.2, 0.25) is 5.02 Å². The lowest BCUT2D eigenvalue weighted by atomic mass is 10.1. The second-order valence-corrected chi connectivity index (χ2v) is 6.09. The van der Waals surface area contributed by atoms with Gasteiger partial charge in [0.25, 0.3) is 0 Å². The number of likely N-dealkylation sites (N-methyl/N-ethyl adjacent to an activating group) is 1. The van der Waals surface area contributed by atoms with Crippen molar-refractivity contribution >= 4 is 11.6 Å². The van der Waals surface area contributed by atoms with Gasteiger partial charge in [-0.1, -0.05) is 23.7 Å². The van der Waals surface area contributed by atoms with E-state index in [0.29, 0.717) is 0 Å². The second kappa shape index (κ2) is 9.84. The van der Waals surface area contributed by atoms with Crippen molar-refractivity contribution in [3.63, 3.8) is 0 Å². The fraction of sp³-hybridized carbons (Fsp3) is 0.556. The molecule has 1 aromatic carbocycles. The van der Waals surface area contributed by atoms with Gasteiger partial charge in [-0.25, -0.2) is 0 Å². The summed E-state index contributed by atoms with van der Waals surface area (Å²) in [5.41, 5.74) is 2.50. The van der Waals surface area contributed by atoms with E-state index in [4.69, 9.17) is 11.6 Å². The molecule has 0 radical (unpaired) electrons. The summed E-state index contributed by atoms with van der Waals surface area (Å²) in [7, 11) is 2.21. The molecule has 0 aromatic heterocycles. The van der Waals surface area contributed by atoms with E-state index >= 15 is 0 Å². The molecule has 1 aromatic rings. The van der Waals surface area contributed by atoms with Crippen molar-refractivity contribution in [2.75, 3.05) is 39.8 Å². The van der Waals surface area contributed by atoms with Crippen LogP contribution >= 0.6 is 11.6 Å². The Morgan fingerprint density at radius 3 is 2.48 bits per heavy atom. The Kier molecular flexibility index (Phi) is 8.45. The van der Waals surface area contributed by atoms with Crippen LogP contribution in [-0.4, -0.2) is 49.6 Å². The van der Waals surface area contributed by atoms with Crippen molar-refractivity contribution in [1.29, 1.82) is 0 Å². The van der Waals surface area contributed by atoms with Gasteiger partial charge in [0, 0.05) is 24.7 Å². The first kappa shape index (κ1) is 18.0. The monoisotopic (exact) mass is 306 g/mol. The molecule has 2 rings (SSSR count). The molecule has 1 fully saturated rings. The van der Waals surface area contributed by atoms with E-state index < -0.39 is 0 Å². The van der Waals surface area contributed by atoms with E-state index in [1.165, 1.54) is 44.6 Å². The number of halogens is 1. The van der Waals surface area contributed by atoms with Crippen molar-refractivity contribution in [2.24, 2.45) is 0 Å². The highest BCUT2D eigenvalue weighted by Crippen LogP contribution is 2.17. The molecule has 2 nitrogen and oxygen atoms in total. The van der Waals surface area contributed by atoms with Gasteiger partial charge in [0.2, 0.25) is 0 Å². The summed E-state index contributed by atoms with van der Waals surface area (Å²) in [5.74, 6) is 0. The summed E-state index contributed by atoms with van der Waals surface area (Å²) in [6, 6.07) is 6.41. The number of nitrogens with zero attached hydrogens (tertiary/aromatic N) is 2. The zero-order valence-electron chi connectivity index (χ0n) is 13.3. The molecular formula is C18H27ClN2. The molecule has 0 aliphatic carbocycles. The maximum absolute atomic E-state index is 6.16. The molecule has 0 amide bonds. The third kappa shape index (κ3) is 6.52. The van der Waals surface area contributed by atoms with Crippen LogP contribution in [0.1, 0.15) is 24.0 Å². The maximum atomic E-state index is 6.16. The van der Waals surface area contributed by atoms with E-state index in [0.717, 1.165) is 23.6 Å². The second-order valence-electron chi connectivity index (χ2n) is 5.69. The highest BCUT2D eigenvalue weighted by atomic mass is 35.5. The molecule has 1 aliphatic rings. The number of benzene rings is 1. The minimum atomic E-state index is 0.886. The third-order valence-electron chi connectivity index (χ3n) is 4.02. The lowest BCUT2D eigenvalue weighted by molar-refractivity contribution is 0.259. The molecule has 3 heteroatoms. The number of hydrogen-bond donors (Lipinski definition) is 0. The van der Waals surface area contributed by atoms with E-state index in [1.54, 1.807) is 0 Å². The summed E-state index contributed by atoms with van der Waals surface area (Å²) < 4.78 is 0. The van der Waals surface area contributed by atoms with E-state index in [2.05, 4.69) is 47.9 Å². The van der Waals surface area contributed by atoms with E-state index in [9.17, 15) is 0 Å². The van der Waals surface area contributed by atoms with Gasteiger partial charge in [-0.15, -0.1) is 12.8 Å². The van der Waals surface area contributed by atoms with Crippen LogP contribution in [0.25, 0.3) is 0 Å². The molecule has 0 N–H and O–H groups in total. The van der Waals surface area contributed by atoms with Crippen LogP contribution in [0, 0.1) is 19.8 Å². The van der Waals surface area contributed by atoms with Crippen LogP contribution in [0.5, 0.6) is 0 Å². The van der Waals surface area contributed by atoms with Crippen LogP contribution in [0.4, 0.5) is 0 Å². The van der Waals surface area contributed by atoms with Crippen molar-refractivity contribution in [1.82, 2.24) is 9.80 Å². The zero-order chi connectivity index (χ0) is 15.7. The molecule has 0 unspecified atom stereocenters. The average molecular weight is 307 g/mol. The highest BCUT2D eigenvalue weighted by molar-refractivity contribution is 6.31. The zero-order valence-corrected chi connectivity index (χ0v) is 14.1. The van der Waals surface area contributed by atoms with Crippen molar-refractivity contribution < 1.29 is 0 Å². The quantitative estimate of drug-likeness (QED) is 0.743. The molecular weight excluding hydrogens is 280 g/mol. The van der Waals surface area contributed by atoms with Gasteiger partial charge in [0.15, 0.2) is 0 Å². The number of terminal acetylenes is 1. The Labute approximate surface area is 135 Å². The Morgan fingerprint density at radius 2 is 1.86 bits per heavy atom. The Balaban J connectivity index is 0.00000106. The molecule has 0 bridgehead atoms. The SMILES string of the molecule is C#C.Cc1ccc(CCN(C)CCN2CCCC2)cc1Cl. The molecule has 116 valence electrons. The lowest BCUT2D eigenvalue weighted by Crippen LogP contribution is -2.32. The minimum Gasteiger partial charge on any atom is -0.305 e. The van der Waals surface area contributed by atoms with Crippen LogP contribution in [0.3, 0.4) is 0 Å². The topological polar surface area (TPSA) is 6.48 Å². The van der Waals surface area contributed by atoms with Crippen LogP contribution < -0.4 is 0 Å². The van der Waals surface area contributed by atoms with Gasteiger partial charge in [0.1, 0.15) is 0 Å². The first-order valence-corrected chi connectivity index (χ1v) is 8.02. The smallest absolute Gasteiger partial charge is 0.0437 e. The molecule has 0 spiro atoms. The van der Waals surface area contributed by atoms with Crippen LogP contribution in [0.15, 0.2) is 18.2 Å². The maximum Gasteiger partial charge on any atom is 0.0437 e. The number of likely N-dealkylation sites (tertiary alicyclic amines) is 1. The highest BCUT2D eigenvalue weighted by Gasteiger charge is 2.11. The molecule has 1 heterocycles. The fourth-order valence-electron chi connectivity index (χ4n) is 2.54. The van der Waals surface area contributed by atoms with Crippen molar-refractivity contribution in [3.05, 3.63) is 34.3 Å². The van der Waals surface area contributed by atoms with Crippen molar-refractivity contribution in [2.45, 2.75) is 26.2 Å². The third-order valence-corrected chi connectivity index (χ3v) is 4.42. The van der Waals surface area contributed by atoms with Gasteiger partial charge in [-0.05, 0) is 63.5 Å². The number of rotatable bonds is 6. The summed E-state index contributed by atoms with van der Waals surface area (Å²) in [5, 5.41) is 0.886. The molecule has 1 saturated heterocycles. The number of aryl methyl sites for hydroxylation is 1. The number of hydrogen-bond acceptors (Lipinski definition) is 2. The Bertz CT molecular complexity index is 436. The molecule has 1 aliphatic heterocycles. The largest absolute Gasteiger partial charge is 0.305 e. The summed E-state index contributed by atoms with van der Waals surface area (Å²) in [6.07, 6.45) is 11.8. The fourth-order valence-corrected chi connectivity index (χ4v) is 2.75. The van der Waals surface area contributed by atoms with Crippen LogP contribution in [-0.2, 0) is 6.42 Å². The summed E-state index contributed by atoms with van der Waals surface area (Å²) in [4.78, 5) is 4.99. The van der Waals surface area contributed by atoms with Gasteiger partial charge < -0.3 is 9.80 Å². The molecule has 0 saturated carbocycles. The standard InChI is InChI=1S/C16H25ClN2.C2H2/c1-14-5-6-15(13-16(14)17)7-10-18(2)11-12-19-8-3-4-9-19;1-2/h5-6,13H,3-4,7-12H2,1-2H3;1-2H. The average Bonchev–Trinajstić information content (AvgIpc) is 3.02. The Morgan fingerprint density at radius 1 is 1.19 bits per heavy atom. The van der Waals surface area contributed by atoms with Crippen molar-refractivity contribution in [3.8, 4) is 12.8 Å². The predicted octanol–water partition coefficient (Wildman–Crippen LogP) is 3.47. The normalized spacial score (nSPS) is 15.0. The summed E-state index contributed by atoms with van der Waals surface area (Å²) in [6.45, 7) is 8.12.